The third-order valence-corrected chi connectivity index (χ3v) is 4.15. The molecule has 0 aliphatic carbocycles. The van der Waals surface area contributed by atoms with Gasteiger partial charge in [0.1, 0.15) is 5.69 Å². The van der Waals surface area contributed by atoms with E-state index in [4.69, 9.17) is 0 Å². The van der Waals surface area contributed by atoms with Crippen LogP contribution < -0.4 is 5.32 Å². The zero-order valence-corrected chi connectivity index (χ0v) is 15.4. The monoisotopic (exact) mass is 362 g/mol. The van der Waals surface area contributed by atoms with Crippen molar-refractivity contribution in [3.05, 3.63) is 72.4 Å². The number of hydrogen-bond donors (Lipinski definition) is 1. The van der Waals surface area contributed by atoms with Crippen LogP contribution in [-0.4, -0.2) is 47.1 Å². The number of carbonyl (C=O) groups excluding carboxylic acids is 2. The number of rotatable bonds is 6. The topological polar surface area (TPSA) is 67.2 Å². The molecule has 0 atom stereocenters. The largest absolute Gasteiger partial charge is 0.351 e. The van der Waals surface area contributed by atoms with E-state index in [1.807, 2.05) is 60.7 Å². The van der Waals surface area contributed by atoms with Gasteiger partial charge in [0, 0.05) is 38.8 Å². The van der Waals surface area contributed by atoms with Crippen LogP contribution in [0.15, 0.2) is 66.9 Å². The number of aromatic nitrogens is 2. The molecule has 1 N–H and O–H groups in total. The van der Waals surface area contributed by atoms with E-state index in [0.717, 1.165) is 11.3 Å². The molecule has 2 amide bonds. The SMILES string of the molecule is CN(C)C(=O)CCNC(=O)c1cn(-c2ccccc2)nc1-c1ccccc1. The number of carbonyl (C=O) groups is 2. The Labute approximate surface area is 158 Å². The van der Waals surface area contributed by atoms with Crippen molar-refractivity contribution < 1.29 is 9.59 Å². The van der Waals surface area contributed by atoms with Crippen molar-refractivity contribution in [1.29, 1.82) is 0 Å². The number of nitrogens with zero attached hydrogens (tertiary/aromatic N) is 3. The zero-order chi connectivity index (χ0) is 19.2. The van der Waals surface area contributed by atoms with Gasteiger partial charge in [-0.2, -0.15) is 5.10 Å². The lowest BCUT2D eigenvalue weighted by atomic mass is 10.1. The minimum atomic E-state index is -0.248. The molecule has 0 fully saturated rings. The molecule has 2 aromatic carbocycles. The average molecular weight is 362 g/mol. The highest BCUT2D eigenvalue weighted by Gasteiger charge is 2.18. The Kier molecular flexibility index (Phi) is 5.66. The summed E-state index contributed by atoms with van der Waals surface area (Å²) in [5.41, 5.74) is 2.82. The van der Waals surface area contributed by atoms with Crippen LogP contribution >= 0.6 is 0 Å². The van der Waals surface area contributed by atoms with Crippen molar-refractivity contribution in [3.8, 4) is 16.9 Å². The van der Waals surface area contributed by atoms with Gasteiger partial charge in [-0.3, -0.25) is 9.59 Å². The lowest BCUT2D eigenvalue weighted by Crippen LogP contribution is -2.30. The molecule has 0 spiro atoms. The predicted octanol–water partition coefficient (Wildman–Crippen LogP) is 2.75. The quantitative estimate of drug-likeness (QED) is 0.733. The van der Waals surface area contributed by atoms with Crippen LogP contribution in [0.4, 0.5) is 0 Å². The number of amides is 2. The summed E-state index contributed by atoms with van der Waals surface area (Å²) in [6, 6.07) is 19.2. The molecule has 0 aliphatic heterocycles. The van der Waals surface area contributed by atoms with Gasteiger partial charge in [0.25, 0.3) is 5.91 Å². The average Bonchev–Trinajstić information content (AvgIpc) is 3.14. The maximum Gasteiger partial charge on any atom is 0.255 e. The summed E-state index contributed by atoms with van der Waals surface area (Å²) < 4.78 is 1.70. The van der Waals surface area contributed by atoms with Gasteiger partial charge in [0.2, 0.25) is 5.91 Å². The molecule has 138 valence electrons. The lowest BCUT2D eigenvalue weighted by molar-refractivity contribution is -0.128. The summed E-state index contributed by atoms with van der Waals surface area (Å²) in [7, 11) is 3.39. The normalized spacial score (nSPS) is 10.4. The van der Waals surface area contributed by atoms with Crippen LogP contribution in [0.1, 0.15) is 16.8 Å². The summed E-state index contributed by atoms with van der Waals surface area (Å²) in [5, 5.41) is 7.44. The van der Waals surface area contributed by atoms with E-state index in [1.54, 1.807) is 25.0 Å². The van der Waals surface area contributed by atoms with Gasteiger partial charge in [-0.05, 0) is 12.1 Å². The minimum absolute atomic E-state index is 0.0291. The van der Waals surface area contributed by atoms with E-state index in [1.165, 1.54) is 4.90 Å². The van der Waals surface area contributed by atoms with E-state index < -0.39 is 0 Å². The molecule has 0 saturated carbocycles. The summed E-state index contributed by atoms with van der Waals surface area (Å²) >= 11 is 0. The molecule has 0 bridgehead atoms. The van der Waals surface area contributed by atoms with Crippen LogP contribution in [-0.2, 0) is 4.79 Å². The highest BCUT2D eigenvalue weighted by atomic mass is 16.2. The Bertz CT molecular complexity index is 918. The fourth-order valence-electron chi connectivity index (χ4n) is 2.66. The molecule has 1 heterocycles. The zero-order valence-electron chi connectivity index (χ0n) is 15.4. The Morgan fingerprint density at radius 2 is 1.63 bits per heavy atom. The van der Waals surface area contributed by atoms with Crippen molar-refractivity contribution in [2.24, 2.45) is 0 Å². The number of hydrogen-bond acceptors (Lipinski definition) is 3. The molecule has 0 radical (unpaired) electrons. The molecular weight excluding hydrogens is 340 g/mol. The van der Waals surface area contributed by atoms with E-state index >= 15 is 0 Å². The highest BCUT2D eigenvalue weighted by Crippen LogP contribution is 2.23. The summed E-state index contributed by atoms with van der Waals surface area (Å²) in [6.45, 7) is 0.278. The maximum absolute atomic E-state index is 12.7. The molecule has 1 aromatic heterocycles. The lowest BCUT2D eigenvalue weighted by Gasteiger charge is -2.10. The first-order valence-electron chi connectivity index (χ1n) is 8.75. The van der Waals surface area contributed by atoms with Crippen molar-refractivity contribution in [2.75, 3.05) is 20.6 Å². The number of benzene rings is 2. The Morgan fingerprint density at radius 3 is 2.26 bits per heavy atom. The molecule has 0 saturated heterocycles. The van der Waals surface area contributed by atoms with Gasteiger partial charge < -0.3 is 10.2 Å². The van der Waals surface area contributed by atoms with Crippen LogP contribution in [0.5, 0.6) is 0 Å². The van der Waals surface area contributed by atoms with Crippen LogP contribution in [0.3, 0.4) is 0 Å². The van der Waals surface area contributed by atoms with E-state index in [0.29, 0.717) is 11.3 Å². The Balaban J connectivity index is 1.87. The van der Waals surface area contributed by atoms with Crippen LogP contribution in [0.2, 0.25) is 0 Å². The van der Waals surface area contributed by atoms with Crippen molar-refractivity contribution in [1.82, 2.24) is 20.0 Å². The fraction of sp³-hybridized carbons (Fsp3) is 0.190. The van der Waals surface area contributed by atoms with Crippen LogP contribution in [0.25, 0.3) is 16.9 Å². The van der Waals surface area contributed by atoms with Gasteiger partial charge in [-0.1, -0.05) is 48.5 Å². The van der Waals surface area contributed by atoms with Crippen molar-refractivity contribution in [2.45, 2.75) is 6.42 Å². The van der Waals surface area contributed by atoms with Gasteiger partial charge >= 0.3 is 0 Å². The number of para-hydroxylation sites is 1. The second-order valence-electron chi connectivity index (χ2n) is 6.33. The molecule has 3 aromatic rings. The second-order valence-corrected chi connectivity index (χ2v) is 6.33. The molecule has 6 nitrogen and oxygen atoms in total. The first-order chi connectivity index (χ1) is 13.1. The molecule has 27 heavy (non-hydrogen) atoms. The first kappa shape index (κ1) is 18.4. The van der Waals surface area contributed by atoms with Gasteiger partial charge in [0.05, 0.1) is 11.3 Å². The van der Waals surface area contributed by atoms with Crippen molar-refractivity contribution >= 4 is 11.8 Å². The van der Waals surface area contributed by atoms with Gasteiger partial charge in [-0.25, -0.2) is 4.68 Å². The second kappa shape index (κ2) is 8.31. The highest BCUT2D eigenvalue weighted by molar-refractivity contribution is 6.00. The molecule has 0 aliphatic rings. The molecule has 6 heteroatoms. The molecular formula is C21H22N4O2. The first-order valence-corrected chi connectivity index (χ1v) is 8.75. The third-order valence-electron chi connectivity index (χ3n) is 4.15. The Hall–Kier alpha value is -3.41. The Morgan fingerprint density at radius 1 is 1.00 bits per heavy atom. The third kappa shape index (κ3) is 4.41. The van der Waals surface area contributed by atoms with Gasteiger partial charge in [0.15, 0.2) is 0 Å². The van der Waals surface area contributed by atoms with Crippen LogP contribution in [0, 0.1) is 0 Å². The fourth-order valence-corrected chi connectivity index (χ4v) is 2.66. The van der Waals surface area contributed by atoms with E-state index in [2.05, 4.69) is 10.4 Å². The van der Waals surface area contributed by atoms with Gasteiger partial charge in [-0.15, -0.1) is 0 Å². The summed E-state index contributed by atoms with van der Waals surface area (Å²) in [6.07, 6.45) is 1.98. The smallest absolute Gasteiger partial charge is 0.255 e. The van der Waals surface area contributed by atoms with E-state index in [-0.39, 0.29) is 24.8 Å². The standard InChI is InChI=1S/C21H22N4O2/c1-24(2)19(26)13-14-22-21(27)18-15-25(17-11-7-4-8-12-17)23-20(18)16-9-5-3-6-10-16/h3-12,15H,13-14H2,1-2H3,(H,22,27). The molecule has 3 rings (SSSR count). The maximum atomic E-state index is 12.7. The summed E-state index contributed by atoms with van der Waals surface area (Å²) in [4.78, 5) is 26.0. The summed E-state index contributed by atoms with van der Waals surface area (Å²) in [5.74, 6) is -0.277. The number of nitrogens with one attached hydrogen (secondary N) is 1. The van der Waals surface area contributed by atoms with E-state index in [9.17, 15) is 9.59 Å². The predicted molar refractivity (Wildman–Crippen MR) is 105 cm³/mol. The minimum Gasteiger partial charge on any atom is -0.351 e. The van der Waals surface area contributed by atoms with Crippen molar-refractivity contribution in [3.63, 3.8) is 0 Å². The molecule has 0 unspecified atom stereocenters.